The summed E-state index contributed by atoms with van der Waals surface area (Å²) in [6.07, 6.45) is 5.09. The lowest BCUT2D eigenvalue weighted by molar-refractivity contribution is -0.0486. The fraction of sp³-hybridized carbons (Fsp3) is 0.500. The molecule has 1 unspecified atom stereocenters. The van der Waals surface area contributed by atoms with Crippen molar-refractivity contribution in [1.82, 2.24) is 14.7 Å². The lowest BCUT2D eigenvalue weighted by atomic mass is 9.75. The van der Waals surface area contributed by atoms with Crippen LogP contribution in [0.5, 0.6) is 0 Å². The van der Waals surface area contributed by atoms with Gasteiger partial charge in [0.1, 0.15) is 5.82 Å². The maximum Gasteiger partial charge on any atom is 0.123 e. The highest BCUT2D eigenvalue weighted by Crippen LogP contribution is 2.37. The van der Waals surface area contributed by atoms with Gasteiger partial charge in [0.15, 0.2) is 0 Å². The number of aryl methyl sites for hydroxylation is 1. The van der Waals surface area contributed by atoms with Crippen molar-refractivity contribution < 1.29 is 9.50 Å². The molecule has 222 valence electrons. The molecular weight excluding hydrogens is 568 g/mol. The third kappa shape index (κ3) is 8.78. The van der Waals surface area contributed by atoms with Gasteiger partial charge in [-0.25, -0.2) is 4.39 Å². The van der Waals surface area contributed by atoms with Crippen LogP contribution >= 0.6 is 37.2 Å². The monoisotopic (exact) mass is 611 g/mol. The molecule has 2 heterocycles. The van der Waals surface area contributed by atoms with Crippen molar-refractivity contribution in [3.63, 3.8) is 0 Å². The van der Waals surface area contributed by atoms with E-state index in [2.05, 4.69) is 64.2 Å². The lowest BCUT2D eigenvalue weighted by Gasteiger charge is -2.45. The molecule has 40 heavy (non-hydrogen) atoms. The Labute approximate surface area is 258 Å². The van der Waals surface area contributed by atoms with Gasteiger partial charge in [-0.2, -0.15) is 0 Å². The number of nitrogens with zero attached hydrogens (tertiary/aromatic N) is 3. The van der Waals surface area contributed by atoms with Crippen molar-refractivity contribution in [3.05, 3.63) is 83.7 Å². The van der Waals surface area contributed by atoms with E-state index in [0.717, 1.165) is 77.2 Å². The predicted molar refractivity (Wildman–Crippen MR) is 172 cm³/mol. The molecule has 0 amide bonds. The van der Waals surface area contributed by atoms with Crippen molar-refractivity contribution in [3.8, 4) is 0 Å². The normalized spacial score (nSPS) is 18.8. The molecule has 0 saturated carbocycles. The van der Waals surface area contributed by atoms with Gasteiger partial charge in [0.05, 0.1) is 5.60 Å². The number of hydrogen-bond acceptors (Lipinski definition) is 4. The number of piperazine rings is 1. The van der Waals surface area contributed by atoms with Gasteiger partial charge >= 0.3 is 0 Å². The number of benzene rings is 3. The minimum atomic E-state index is -0.733. The molecule has 2 aliphatic rings. The Hall–Kier alpha value is -1.44. The standard InChI is InChI=1S/C32H42FN3O.3ClH/c1-34-19-16-32(37,17-20-34)31(28-12-14-29(33)15-13-28)25-36-23-21-35(22-24-36)18-5-4-8-27-10-6-9-26-7-2-3-11-30(26)27;;;/h2-3,6-7,9-15,31,37H,4-5,8,16-25H2,1H3;3*1H. The Morgan fingerprint density at radius 3 is 2.10 bits per heavy atom. The Kier molecular flexibility index (Phi) is 14.1. The lowest BCUT2D eigenvalue weighted by Crippen LogP contribution is -2.53. The first-order chi connectivity index (χ1) is 18.0. The molecule has 0 aliphatic carbocycles. The summed E-state index contributed by atoms with van der Waals surface area (Å²) in [7, 11) is 2.12. The van der Waals surface area contributed by atoms with Crippen LogP contribution in [0.2, 0.25) is 0 Å². The summed E-state index contributed by atoms with van der Waals surface area (Å²) < 4.78 is 13.6. The van der Waals surface area contributed by atoms with E-state index >= 15 is 0 Å². The van der Waals surface area contributed by atoms with E-state index in [1.807, 2.05) is 12.1 Å². The average Bonchev–Trinajstić information content (AvgIpc) is 2.93. The van der Waals surface area contributed by atoms with Crippen molar-refractivity contribution in [1.29, 1.82) is 0 Å². The third-order valence-electron chi connectivity index (χ3n) is 8.73. The van der Waals surface area contributed by atoms with Gasteiger partial charge in [0, 0.05) is 51.7 Å². The van der Waals surface area contributed by atoms with E-state index in [1.165, 1.54) is 41.3 Å². The molecule has 3 aromatic rings. The first-order valence-corrected chi connectivity index (χ1v) is 14.1. The quantitative estimate of drug-likeness (QED) is 0.282. The molecule has 2 saturated heterocycles. The van der Waals surface area contributed by atoms with Crippen LogP contribution in [0.4, 0.5) is 4.39 Å². The van der Waals surface area contributed by atoms with Crippen molar-refractivity contribution >= 4 is 48.0 Å². The van der Waals surface area contributed by atoms with Crippen LogP contribution in [0.3, 0.4) is 0 Å². The molecule has 1 N–H and O–H groups in total. The van der Waals surface area contributed by atoms with Gasteiger partial charge in [-0.15, -0.1) is 37.2 Å². The van der Waals surface area contributed by atoms with Crippen LogP contribution in [0.25, 0.3) is 10.8 Å². The zero-order valence-electron chi connectivity index (χ0n) is 23.5. The summed E-state index contributed by atoms with van der Waals surface area (Å²) in [6.45, 7) is 7.99. The van der Waals surface area contributed by atoms with Crippen molar-refractivity contribution in [2.24, 2.45) is 0 Å². The number of aliphatic hydroxyl groups is 1. The van der Waals surface area contributed by atoms with Crippen LogP contribution < -0.4 is 0 Å². The molecule has 0 spiro atoms. The summed E-state index contributed by atoms with van der Waals surface area (Å²) >= 11 is 0. The Morgan fingerprint density at radius 2 is 1.40 bits per heavy atom. The number of unbranched alkanes of at least 4 members (excludes halogenated alkanes) is 1. The minimum absolute atomic E-state index is 0. The van der Waals surface area contributed by atoms with Crippen LogP contribution in [-0.4, -0.2) is 84.8 Å². The third-order valence-corrected chi connectivity index (χ3v) is 8.73. The molecule has 4 nitrogen and oxygen atoms in total. The maximum absolute atomic E-state index is 13.6. The average molecular weight is 613 g/mol. The first-order valence-electron chi connectivity index (χ1n) is 14.1. The molecule has 8 heteroatoms. The SMILES string of the molecule is CN1CCC(O)(C(CN2CCN(CCCCc3cccc4ccccc34)CC2)c2ccc(F)cc2)CC1.Cl.Cl.Cl. The highest BCUT2D eigenvalue weighted by molar-refractivity contribution is 5.86. The van der Waals surface area contributed by atoms with Gasteiger partial charge in [0.2, 0.25) is 0 Å². The molecular formula is C32H45Cl3FN3O. The molecule has 5 rings (SSSR count). The maximum atomic E-state index is 13.6. The predicted octanol–water partition coefficient (Wildman–Crippen LogP) is 6.43. The molecule has 2 aliphatic heterocycles. The molecule has 0 radical (unpaired) electrons. The highest BCUT2D eigenvalue weighted by Gasteiger charge is 2.41. The van der Waals surface area contributed by atoms with E-state index in [1.54, 1.807) is 0 Å². The van der Waals surface area contributed by atoms with Gasteiger partial charge in [-0.05, 0) is 79.7 Å². The summed E-state index contributed by atoms with van der Waals surface area (Å²) in [5, 5.41) is 14.4. The number of piperidine rings is 1. The van der Waals surface area contributed by atoms with Crippen LogP contribution in [0.1, 0.15) is 42.7 Å². The van der Waals surface area contributed by atoms with Crippen LogP contribution in [0, 0.1) is 5.82 Å². The summed E-state index contributed by atoms with van der Waals surface area (Å²) in [5.74, 6) is -0.207. The summed E-state index contributed by atoms with van der Waals surface area (Å²) in [5.41, 5.74) is 1.79. The number of hydrogen-bond donors (Lipinski definition) is 1. The van der Waals surface area contributed by atoms with Gasteiger partial charge in [-0.1, -0.05) is 54.6 Å². The Morgan fingerprint density at radius 1 is 0.775 bits per heavy atom. The second-order valence-electron chi connectivity index (χ2n) is 11.2. The van der Waals surface area contributed by atoms with Crippen LogP contribution in [-0.2, 0) is 6.42 Å². The second-order valence-corrected chi connectivity index (χ2v) is 11.2. The van der Waals surface area contributed by atoms with Crippen molar-refractivity contribution in [2.75, 3.05) is 59.4 Å². The molecule has 2 fully saturated rings. The van der Waals surface area contributed by atoms with Crippen LogP contribution in [0.15, 0.2) is 66.7 Å². The zero-order valence-corrected chi connectivity index (χ0v) is 26.0. The highest BCUT2D eigenvalue weighted by atomic mass is 35.5. The number of halogens is 4. The smallest absolute Gasteiger partial charge is 0.123 e. The molecule has 0 bridgehead atoms. The number of fused-ring (bicyclic) bond motifs is 1. The van der Waals surface area contributed by atoms with E-state index in [4.69, 9.17) is 0 Å². The minimum Gasteiger partial charge on any atom is -0.389 e. The molecule has 1 atom stereocenters. The fourth-order valence-corrected chi connectivity index (χ4v) is 6.25. The summed E-state index contributed by atoms with van der Waals surface area (Å²) in [6, 6.07) is 22.2. The van der Waals surface area contributed by atoms with Gasteiger partial charge < -0.3 is 19.8 Å². The van der Waals surface area contributed by atoms with Crippen molar-refractivity contribution in [2.45, 2.75) is 43.6 Å². The summed E-state index contributed by atoms with van der Waals surface area (Å²) in [4.78, 5) is 7.39. The first kappa shape index (κ1) is 34.8. The van der Waals surface area contributed by atoms with E-state index < -0.39 is 5.60 Å². The van der Waals surface area contributed by atoms with E-state index in [-0.39, 0.29) is 49.0 Å². The Bertz CT molecular complexity index is 1140. The molecule has 3 aromatic carbocycles. The van der Waals surface area contributed by atoms with E-state index in [9.17, 15) is 9.50 Å². The topological polar surface area (TPSA) is 30.0 Å². The number of rotatable bonds is 9. The molecule has 0 aromatic heterocycles. The largest absolute Gasteiger partial charge is 0.389 e. The van der Waals surface area contributed by atoms with Gasteiger partial charge in [-0.3, -0.25) is 0 Å². The fourth-order valence-electron chi connectivity index (χ4n) is 6.25. The van der Waals surface area contributed by atoms with E-state index in [0.29, 0.717) is 0 Å². The zero-order chi connectivity index (χ0) is 25.7. The Balaban J connectivity index is 0.00000187. The number of likely N-dealkylation sites (tertiary alicyclic amines) is 1. The second kappa shape index (κ2) is 16.3. The van der Waals surface area contributed by atoms with Gasteiger partial charge in [0.25, 0.3) is 0 Å².